The molecule has 0 aromatic carbocycles. The van der Waals surface area contributed by atoms with E-state index in [9.17, 15) is 4.79 Å². The van der Waals surface area contributed by atoms with Crippen LogP contribution in [0.5, 0.6) is 0 Å². The summed E-state index contributed by atoms with van der Waals surface area (Å²) in [6, 6.07) is 0. The highest BCUT2D eigenvalue weighted by Gasteiger charge is 2.28. The first kappa shape index (κ1) is 18.8. The largest absolute Gasteiger partial charge is 0.497 e. The van der Waals surface area contributed by atoms with Crippen LogP contribution in [-0.2, 0) is 9.47 Å². The van der Waals surface area contributed by atoms with Crippen molar-refractivity contribution in [2.24, 2.45) is 0 Å². The smallest absolute Gasteiger partial charge is 0.407 e. The van der Waals surface area contributed by atoms with Crippen molar-refractivity contribution in [3.63, 3.8) is 0 Å². The summed E-state index contributed by atoms with van der Waals surface area (Å²) in [6.45, 7) is 11.2. The summed E-state index contributed by atoms with van der Waals surface area (Å²) >= 11 is 0. The minimum atomic E-state index is -0.471. The second-order valence-electron chi connectivity index (χ2n) is 6.93. The number of amides is 1. The van der Waals surface area contributed by atoms with Gasteiger partial charge in [0, 0.05) is 18.6 Å². The Morgan fingerprint density at radius 3 is 2.50 bits per heavy atom. The first-order valence-electron chi connectivity index (χ1n) is 8.32. The Kier molecular flexibility index (Phi) is 7.20. The van der Waals surface area contributed by atoms with Crippen LogP contribution in [-0.4, -0.2) is 36.4 Å². The molecule has 1 aliphatic heterocycles. The molecule has 1 aliphatic rings. The predicted octanol–water partition coefficient (Wildman–Crippen LogP) is 3.35. The molecule has 5 nitrogen and oxygen atoms in total. The summed E-state index contributed by atoms with van der Waals surface area (Å²) in [4.78, 5) is 11.8. The van der Waals surface area contributed by atoms with E-state index in [0.29, 0.717) is 6.54 Å². The molecule has 0 aromatic rings. The second kappa shape index (κ2) is 8.42. The molecule has 1 unspecified atom stereocenters. The van der Waals surface area contributed by atoms with Gasteiger partial charge in [0.15, 0.2) is 0 Å². The van der Waals surface area contributed by atoms with Gasteiger partial charge in [-0.3, -0.25) is 0 Å². The summed E-state index contributed by atoms with van der Waals surface area (Å²) in [5.74, 6) is 0. The fourth-order valence-corrected chi connectivity index (χ4v) is 2.43. The van der Waals surface area contributed by atoms with Gasteiger partial charge in [0.2, 0.25) is 0 Å². The molecule has 0 bridgehead atoms. The number of nitrogens with one attached hydrogen (secondary N) is 2. The van der Waals surface area contributed by atoms with Gasteiger partial charge < -0.3 is 20.1 Å². The van der Waals surface area contributed by atoms with Crippen LogP contribution >= 0.6 is 0 Å². The van der Waals surface area contributed by atoms with Crippen molar-refractivity contribution in [2.75, 3.05) is 13.1 Å². The molecule has 0 saturated carbocycles. The SMILES string of the molecule is CCC(CC)(CNC(=O)OC(C)(C)C)NCC1CCC=CO1. The average molecular weight is 312 g/mol. The Morgan fingerprint density at radius 1 is 1.32 bits per heavy atom. The molecule has 5 heteroatoms. The van der Waals surface area contributed by atoms with Crippen LogP contribution in [0.4, 0.5) is 4.79 Å². The van der Waals surface area contributed by atoms with Crippen LogP contribution in [0.25, 0.3) is 0 Å². The highest BCUT2D eigenvalue weighted by molar-refractivity contribution is 5.67. The first-order chi connectivity index (χ1) is 10.3. The number of rotatable bonds is 7. The van der Waals surface area contributed by atoms with Crippen molar-refractivity contribution < 1.29 is 14.3 Å². The number of hydrogen-bond acceptors (Lipinski definition) is 4. The van der Waals surface area contributed by atoms with Gasteiger partial charge in [-0.1, -0.05) is 13.8 Å². The highest BCUT2D eigenvalue weighted by Crippen LogP contribution is 2.17. The molecule has 0 saturated heterocycles. The van der Waals surface area contributed by atoms with Gasteiger partial charge in [0.25, 0.3) is 0 Å². The van der Waals surface area contributed by atoms with Crippen molar-refractivity contribution in [3.05, 3.63) is 12.3 Å². The van der Waals surface area contributed by atoms with Crippen molar-refractivity contribution in [1.82, 2.24) is 10.6 Å². The van der Waals surface area contributed by atoms with Gasteiger partial charge in [-0.2, -0.15) is 0 Å². The molecular formula is C17H32N2O3. The fourth-order valence-electron chi connectivity index (χ4n) is 2.43. The molecule has 1 heterocycles. The fraction of sp³-hybridized carbons (Fsp3) is 0.824. The van der Waals surface area contributed by atoms with E-state index in [0.717, 1.165) is 32.2 Å². The van der Waals surface area contributed by atoms with Gasteiger partial charge >= 0.3 is 6.09 Å². The minimum absolute atomic E-state index is 0.124. The zero-order chi connectivity index (χ0) is 16.6. The zero-order valence-electron chi connectivity index (χ0n) is 14.7. The van der Waals surface area contributed by atoms with E-state index < -0.39 is 5.60 Å². The van der Waals surface area contributed by atoms with Crippen LogP contribution in [0.2, 0.25) is 0 Å². The third-order valence-corrected chi connectivity index (χ3v) is 4.05. The first-order valence-corrected chi connectivity index (χ1v) is 8.32. The zero-order valence-corrected chi connectivity index (χ0v) is 14.7. The van der Waals surface area contributed by atoms with E-state index >= 15 is 0 Å². The normalized spacial score (nSPS) is 18.7. The molecular weight excluding hydrogens is 280 g/mol. The molecule has 0 fully saturated rings. The number of allylic oxidation sites excluding steroid dienone is 1. The molecule has 0 radical (unpaired) electrons. The summed E-state index contributed by atoms with van der Waals surface area (Å²) < 4.78 is 10.9. The summed E-state index contributed by atoms with van der Waals surface area (Å²) in [7, 11) is 0. The van der Waals surface area contributed by atoms with E-state index in [1.54, 1.807) is 6.26 Å². The molecule has 1 rings (SSSR count). The third-order valence-electron chi connectivity index (χ3n) is 4.05. The van der Waals surface area contributed by atoms with Crippen molar-refractivity contribution in [1.29, 1.82) is 0 Å². The van der Waals surface area contributed by atoms with Crippen LogP contribution < -0.4 is 10.6 Å². The maximum absolute atomic E-state index is 11.8. The van der Waals surface area contributed by atoms with E-state index in [2.05, 4.69) is 24.5 Å². The Balaban J connectivity index is 2.47. The van der Waals surface area contributed by atoms with Crippen LogP contribution in [0.1, 0.15) is 60.3 Å². The maximum atomic E-state index is 11.8. The van der Waals surface area contributed by atoms with Gasteiger partial charge in [-0.05, 0) is 52.5 Å². The Bertz CT molecular complexity index is 371. The predicted molar refractivity (Wildman–Crippen MR) is 88.8 cm³/mol. The molecule has 128 valence electrons. The molecule has 22 heavy (non-hydrogen) atoms. The van der Waals surface area contributed by atoms with Gasteiger partial charge in [0.1, 0.15) is 11.7 Å². The second-order valence-corrected chi connectivity index (χ2v) is 6.93. The number of hydrogen-bond donors (Lipinski definition) is 2. The van der Waals surface area contributed by atoms with Crippen molar-refractivity contribution in [3.8, 4) is 0 Å². The van der Waals surface area contributed by atoms with E-state index in [4.69, 9.17) is 9.47 Å². The maximum Gasteiger partial charge on any atom is 0.407 e. The summed E-state index contributed by atoms with van der Waals surface area (Å²) in [5.41, 5.74) is -0.595. The number of alkyl carbamates (subject to hydrolysis) is 1. The van der Waals surface area contributed by atoms with Gasteiger partial charge in [-0.25, -0.2) is 4.79 Å². The highest BCUT2D eigenvalue weighted by atomic mass is 16.6. The average Bonchev–Trinajstić information content (AvgIpc) is 2.47. The quantitative estimate of drug-likeness (QED) is 0.757. The van der Waals surface area contributed by atoms with Gasteiger partial charge in [-0.15, -0.1) is 0 Å². The molecule has 0 spiro atoms. The van der Waals surface area contributed by atoms with Crippen molar-refractivity contribution >= 4 is 6.09 Å². The third kappa shape index (κ3) is 6.69. The molecule has 1 amide bonds. The topological polar surface area (TPSA) is 59.6 Å². The Morgan fingerprint density at radius 2 is 2.00 bits per heavy atom. The van der Waals surface area contributed by atoms with E-state index in [-0.39, 0.29) is 17.7 Å². The Hall–Kier alpha value is -1.23. The minimum Gasteiger partial charge on any atom is -0.497 e. The molecule has 2 N–H and O–H groups in total. The van der Waals surface area contributed by atoms with Crippen LogP contribution in [0.3, 0.4) is 0 Å². The number of carbonyl (C=O) groups excluding carboxylic acids is 1. The van der Waals surface area contributed by atoms with Crippen LogP contribution in [0, 0.1) is 0 Å². The Labute approximate surface area is 134 Å². The standard InChI is InChI=1S/C17H32N2O3/c1-6-17(7-2,13-18-15(20)22-16(3,4)5)19-12-14-10-8-9-11-21-14/h9,11,14,19H,6-8,10,12-13H2,1-5H3,(H,18,20). The lowest BCUT2D eigenvalue weighted by atomic mass is 9.92. The number of carbonyl (C=O) groups is 1. The summed E-state index contributed by atoms with van der Waals surface area (Å²) in [6.07, 6.45) is 7.65. The van der Waals surface area contributed by atoms with Crippen molar-refractivity contribution in [2.45, 2.75) is 77.5 Å². The number of ether oxygens (including phenoxy) is 2. The lowest BCUT2D eigenvalue weighted by Crippen LogP contribution is -2.55. The lowest BCUT2D eigenvalue weighted by molar-refractivity contribution is 0.0501. The summed E-state index contributed by atoms with van der Waals surface area (Å²) in [5, 5.41) is 6.48. The van der Waals surface area contributed by atoms with Gasteiger partial charge in [0.05, 0.1) is 6.26 Å². The van der Waals surface area contributed by atoms with E-state index in [1.807, 2.05) is 26.8 Å². The monoisotopic (exact) mass is 312 g/mol. The molecule has 0 aromatic heterocycles. The van der Waals surface area contributed by atoms with E-state index in [1.165, 1.54) is 0 Å². The molecule has 0 aliphatic carbocycles. The molecule has 1 atom stereocenters. The lowest BCUT2D eigenvalue weighted by Gasteiger charge is -2.35. The van der Waals surface area contributed by atoms with Crippen LogP contribution in [0.15, 0.2) is 12.3 Å².